The van der Waals surface area contributed by atoms with Crippen molar-refractivity contribution in [3.05, 3.63) is 70.8 Å². The first kappa shape index (κ1) is 17.2. The van der Waals surface area contributed by atoms with Crippen LogP contribution in [-0.4, -0.2) is 23.0 Å². The Balaban J connectivity index is 1.69. The van der Waals surface area contributed by atoms with E-state index in [4.69, 9.17) is 5.11 Å². The Kier molecular flexibility index (Phi) is 5.49. The number of nitrogens with one attached hydrogen (secondary N) is 1. The second kappa shape index (κ2) is 7.97. The third kappa shape index (κ3) is 4.69. The molecule has 0 bridgehead atoms. The molecule has 1 amide bonds. The molecule has 0 saturated carbocycles. The lowest BCUT2D eigenvalue weighted by molar-refractivity contribution is -0.137. The summed E-state index contributed by atoms with van der Waals surface area (Å²) in [6.07, 6.45) is 4.36. The molecule has 4 heteroatoms. The SMILES string of the molecule is O=C(O)CCC(Cc1ccccc1)NC(=O)c1ccc2c(c1)CCC2. The van der Waals surface area contributed by atoms with E-state index in [1.165, 1.54) is 11.1 Å². The van der Waals surface area contributed by atoms with Gasteiger partial charge in [0.05, 0.1) is 0 Å². The summed E-state index contributed by atoms with van der Waals surface area (Å²) in [5, 5.41) is 12.0. The van der Waals surface area contributed by atoms with E-state index in [-0.39, 0.29) is 18.4 Å². The van der Waals surface area contributed by atoms with Gasteiger partial charge in [-0.1, -0.05) is 36.4 Å². The Morgan fingerprint density at radius 2 is 1.80 bits per heavy atom. The van der Waals surface area contributed by atoms with E-state index in [0.717, 1.165) is 24.8 Å². The number of aliphatic carboxylic acids is 1. The number of amides is 1. The molecule has 0 saturated heterocycles. The molecule has 0 radical (unpaired) electrons. The lowest BCUT2D eigenvalue weighted by Gasteiger charge is -2.18. The summed E-state index contributed by atoms with van der Waals surface area (Å²) in [4.78, 5) is 23.6. The Morgan fingerprint density at radius 1 is 1.04 bits per heavy atom. The molecule has 2 aromatic rings. The van der Waals surface area contributed by atoms with E-state index < -0.39 is 5.97 Å². The zero-order valence-corrected chi connectivity index (χ0v) is 14.2. The van der Waals surface area contributed by atoms with Crippen molar-refractivity contribution in [1.82, 2.24) is 5.32 Å². The van der Waals surface area contributed by atoms with Gasteiger partial charge in [-0.05, 0) is 60.9 Å². The number of carbonyl (C=O) groups excluding carboxylic acids is 1. The standard InChI is InChI=1S/C21H23NO3/c23-20(24)12-11-19(13-15-5-2-1-3-6-15)22-21(25)18-10-9-16-7-4-8-17(16)14-18/h1-3,5-6,9-10,14,19H,4,7-8,11-13H2,(H,22,25)(H,23,24). The summed E-state index contributed by atoms with van der Waals surface area (Å²) in [5.74, 6) is -0.967. The van der Waals surface area contributed by atoms with Crippen LogP contribution in [0, 0.1) is 0 Å². The normalized spacial score (nSPS) is 13.9. The molecule has 0 fully saturated rings. The van der Waals surface area contributed by atoms with Crippen molar-refractivity contribution in [3.8, 4) is 0 Å². The molecular formula is C21H23NO3. The fraction of sp³-hybridized carbons (Fsp3) is 0.333. The van der Waals surface area contributed by atoms with Gasteiger partial charge in [-0.25, -0.2) is 0 Å². The Morgan fingerprint density at radius 3 is 2.56 bits per heavy atom. The first-order chi connectivity index (χ1) is 12.1. The largest absolute Gasteiger partial charge is 0.481 e. The highest BCUT2D eigenvalue weighted by Crippen LogP contribution is 2.23. The molecule has 0 aliphatic heterocycles. The molecule has 130 valence electrons. The minimum Gasteiger partial charge on any atom is -0.481 e. The smallest absolute Gasteiger partial charge is 0.303 e. The van der Waals surface area contributed by atoms with Crippen LogP contribution >= 0.6 is 0 Å². The first-order valence-corrected chi connectivity index (χ1v) is 8.80. The van der Waals surface area contributed by atoms with Gasteiger partial charge in [0.1, 0.15) is 0 Å². The zero-order valence-electron chi connectivity index (χ0n) is 14.2. The fourth-order valence-corrected chi connectivity index (χ4v) is 3.40. The van der Waals surface area contributed by atoms with Gasteiger partial charge in [0.15, 0.2) is 0 Å². The molecule has 0 aromatic heterocycles. The molecule has 3 rings (SSSR count). The lowest BCUT2D eigenvalue weighted by Crippen LogP contribution is -2.37. The number of aryl methyl sites for hydroxylation is 2. The predicted octanol–water partition coefficient (Wildman–Crippen LogP) is 3.38. The van der Waals surface area contributed by atoms with Crippen molar-refractivity contribution in [2.24, 2.45) is 0 Å². The van der Waals surface area contributed by atoms with Gasteiger partial charge in [-0.2, -0.15) is 0 Å². The molecule has 25 heavy (non-hydrogen) atoms. The van der Waals surface area contributed by atoms with Crippen LogP contribution in [0.5, 0.6) is 0 Å². The van der Waals surface area contributed by atoms with E-state index >= 15 is 0 Å². The quantitative estimate of drug-likeness (QED) is 0.814. The second-order valence-electron chi connectivity index (χ2n) is 6.63. The molecule has 2 aromatic carbocycles. The van der Waals surface area contributed by atoms with E-state index in [0.29, 0.717) is 18.4 Å². The fourth-order valence-electron chi connectivity index (χ4n) is 3.40. The van der Waals surface area contributed by atoms with Gasteiger partial charge in [0, 0.05) is 18.0 Å². The second-order valence-corrected chi connectivity index (χ2v) is 6.63. The average Bonchev–Trinajstić information content (AvgIpc) is 3.08. The predicted molar refractivity (Wildman–Crippen MR) is 96.7 cm³/mol. The van der Waals surface area contributed by atoms with Gasteiger partial charge in [-0.3, -0.25) is 9.59 Å². The number of fused-ring (bicyclic) bond motifs is 1. The van der Waals surface area contributed by atoms with Gasteiger partial charge in [-0.15, -0.1) is 0 Å². The zero-order chi connectivity index (χ0) is 17.6. The molecule has 2 N–H and O–H groups in total. The van der Waals surface area contributed by atoms with Crippen LogP contribution in [0.1, 0.15) is 46.3 Å². The number of hydrogen-bond donors (Lipinski definition) is 2. The number of benzene rings is 2. The number of rotatable bonds is 7. The molecule has 0 heterocycles. The van der Waals surface area contributed by atoms with Crippen molar-refractivity contribution in [2.75, 3.05) is 0 Å². The van der Waals surface area contributed by atoms with Crippen LogP contribution in [0.3, 0.4) is 0 Å². The first-order valence-electron chi connectivity index (χ1n) is 8.80. The summed E-state index contributed by atoms with van der Waals surface area (Å²) >= 11 is 0. The number of carboxylic acid groups (broad SMARTS) is 1. The molecule has 1 aliphatic carbocycles. The highest BCUT2D eigenvalue weighted by Gasteiger charge is 2.18. The average molecular weight is 337 g/mol. The summed E-state index contributed by atoms with van der Waals surface area (Å²) < 4.78 is 0. The Bertz CT molecular complexity index is 755. The van der Waals surface area contributed by atoms with Gasteiger partial charge in [0.25, 0.3) is 5.91 Å². The third-order valence-corrected chi connectivity index (χ3v) is 4.73. The molecular weight excluding hydrogens is 314 g/mol. The van der Waals surface area contributed by atoms with E-state index in [9.17, 15) is 9.59 Å². The topological polar surface area (TPSA) is 66.4 Å². The summed E-state index contributed by atoms with van der Waals surface area (Å²) in [6, 6.07) is 15.5. The number of carbonyl (C=O) groups is 2. The Labute approximate surface area is 147 Å². The van der Waals surface area contributed by atoms with Crippen molar-refractivity contribution in [1.29, 1.82) is 0 Å². The van der Waals surface area contributed by atoms with Gasteiger partial charge >= 0.3 is 5.97 Å². The van der Waals surface area contributed by atoms with Crippen LogP contribution in [0.25, 0.3) is 0 Å². The third-order valence-electron chi connectivity index (χ3n) is 4.73. The maximum Gasteiger partial charge on any atom is 0.303 e. The van der Waals surface area contributed by atoms with Crippen molar-refractivity contribution in [3.63, 3.8) is 0 Å². The highest BCUT2D eigenvalue weighted by atomic mass is 16.4. The van der Waals surface area contributed by atoms with Crippen LogP contribution < -0.4 is 5.32 Å². The van der Waals surface area contributed by atoms with Gasteiger partial charge in [0.2, 0.25) is 0 Å². The van der Waals surface area contributed by atoms with Crippen molar-refractivity contribution >= 4 is 11.9 Å². The highest BCUT2D eigenvalue weighted by molar-refractivity contribution is 5.94. The van der Waals surface area contributed by atoms with Gasteiger partial charge < -0.3 is 10.4 Å². The summed E-state index contributed by atoms with van der Waals surface area (Å²) in [5.41, 5.74) is 4.35. The molecule has 4 nitrogen and oxygen atoms in total. The van der Waals surface area contributed by atoms with Crippen LogP contribution in [0.4, 0.5) is 0 Å². The molecule has 0 spiro atoms. The van der Waals surface area contributed by atoms with Crippen LogP contribution in [-0.2, 0) is 24.1 Å². The van der Waals surface area contributed by atoms with E-state index in [1.54, 1.807) is 0 Å². The van der Waals surface area contributed by atoms with E-state index in [2.05, 4.69) is 5.32 Å². The van der Waals surface area contributed by atoms with Crippen LogP contribution in [0.2, 0.25) is 0 Å². The summed E-state index contributed by atoms with van der Waals surface area (Å²) in [6.45, 7) is 0. The maximum absolute atomic E-state index is 12.6. The maximum atomic E-state index is 12.6. The number of carboxylic acids is 1. The van der Waals surface area contributed by atoms with E-state index in [1.807, 2.05) is 48.5 Å². The number of hydrogen-bond acceptors (Lipinski definition) is 2. The molecule has 1 aliphatic rings. The molecule has 1 unspecified atom stereocenters. The minimum atomic E-state index is -0.843. The minimum absolute atomic E-state index is 0.0436. The monoisotopic (exact) mass is 337 g/mol. The summed E-state index contributed by atoms with van der Waals surface area (Å²) in [7, 11) is 0. The Hall–Kier alpha value is -2.62. The molecule has 1 atom stereocenters. The van der Waals surface area contributed by atoms with Crippen LogP contribution in [0.15, 0.2) is 48.5 Å². The lowest BCUT2D eigenvalue weighted by atomic mass is 10.0. The van der Waals surface area contributed by atoms with Crippen molar-refractivity contribution < 1.29 is 14.7 Å². The van der Waals surface area contributed by atoms with Crippen molar-refractivity contribution in [2.45, 2.75) is 44.6 Å².